The van der Waals surface area contributed by atoms with Crippen LogP contribution in [0.2, 0.25) is 0 Å². The van der Waals surface area contributed by atoms with Crippen LogP contribution in [0, 0.1) is 0 Å². The van der Waals surface area contributed by atoms with Crippen molar-refractivity contribution in [3.8, 4) is 0 Å². The summed E-state index contributed by atoms with van der Waals surface area (Å²) in [6.45, 7) is 2.51. The molecule has 0 bridgehead atoms. The van der Waals surface area contributed by atoms with Crippen molar-refractivity contribution in [3.05, 3.63) is 24.3 Å². The number of carbonyl (C=O) groups is 2. The Morgan fingerprint density at radius 1 is 1.12 bits per heavy atom. The van der Waals surface area contributed by atoms with Gasteiger partial charge in [-0.05, 0) is 43.5 Å². The lowest BCUT2D eigenvalue weighted by molar-refractivity contribution is -0.119. The van der Waals surface area contributed by atoms with Crippen molar-refractivity contribution in [2.24, 2.45) is 10.7 Å². The smallest absolute Gasteiger partial charge is 0.325 e. The number of carbonyl (C=O) groups excluding carboxylic acids is 2. The monoisotopic (exact) mass is 327 g/mol. The fourth-order valence-corrected chi connectivity index (χ4v) is 3.92. The number of primary amides is 1. The number of amides is 3. The Morgan fingerprint density at radius 2 is 1.88 bits per heavy atom. The fourth-order valence-electron chi connectivity index (χ4n) is 3.92. The van der Waals surface area contributed by atoms with Crippen LogP contribution in [-0.4, -0.2) is 54.9 Å². The zero-order valence-corrected chi connectivity index (χ0v) is 13.5. The highest BCUT2D eigenvalue weighted by Gasteiger charge is 2.51. The number of benzene rings is 1. The van der Waals surface area contributed by atoms with Gasteiger partial charge in [-0.3, -0.25) is 14.7 Å². The lowest BCUT2D eigenvalue weighted by Gasteiger charge is -2.25. The van der Waals surface area contributed by atoms with Crippen molar-refractivity contribution >= 4 is 29.7 Å². The summed E-state index contributed by atoms with van der Waals surface area (Å²) in [6.07, 6.45) is 4.64. The normalized spacial score (nSPS) is 26.2. The van der Waals surface area contributed by atoms with Crippen molar-refractivity contribution < 1.29 is 9.59 Å². The summed E-state index contributed by atoms with van der Waals surface area (Å²) in [4.78, 5) is 34.4. The van der Waals surface area contributed by atoms with Crippen LogP contribution in [0.4, 0.5) is 16.2 Å². The SMILES string of the molecule is NC(=O)C1[C@H]2CCCN2C(=O)N1c1ccc(N2C=NCCC2)cc1. The third-order valence-corrected chi connectivity index (χ3v) is 5.05. The molecule has 0 radical (unpaired) electrons. The van der Waals surface area contributed by atoms with Crippen LogP contribution in [-0.2, 0) is 4.79 Å². The molecule has 2 atom stereocenters. The maximum atomic E-state index is 12.7. The highest BCUT2D eigenvalue weighted by Crippen LogP contribution is 2.35. The molecule has 3 aliphatic rings. The van der Waals surface area contributed by atoms with E-state index < -0.39 is 11.9 Å². The molecule has 7 heteroatoms. The molecule has 0 aromatic heterocycles. The van der Waals surface area contributed by atoms with Gasteiger partial charge in [-0.25, -0.2) is 4.79 Å². The molecule has 1 unspecified atom stereocenters. The number of rotatable bonds is 3. The van der Waals surface area contributed by atoms with Gasteiger partial charge in [0.25, 0.3) is 0 Å². The summed E-state index contributed by atoms with van der Waals surface area (Å²) in [5, 5.41) is 0. The Balaban J connectivity index is 1.62. The topological polar surface area (TPSA) is 82.2 Å². The average Bonchev–Trinajstić information content (AvgIpc) is 3.18. The quantitative estimate of drug-likeness (QED) is 0.905. The molecule has 126 valence electrons. The van der Waals surface area contributed by atoms with Gasteiger partial charge < -0.3 is 15.5 Å². The zero-order valence-electron chi connectivity index (χ0n) is 13.5. The summed E-state index contributed by atoms with van der Waals surface area (Å²) in [5.74, 6) is -0.440. The van der Waals surface area contributed by atoms with E-state index in [2.05, 4.69) is 9.89 Å². The molecule has 3 amide bonds. The molecule has 0 spiro atoms. The maximum absolute atomic E-state index is 12.7. The Hall–Kier alpha value is -2.57. The first-order chi connectivity index (χ1) is 11.7. The molecule has 3 aliphatic heterocycles. The van der Waals surface area contributed by atoms with Gasteiger partial charge in [0, 0.05) is 31.0 Å². The number of nitrogens with zero attached hydrogens (tertiary/aromatic N) is 4. The summed E-state index contributed by atoms with van der Waals surface area (Å²) in [6, 6.07) is 6.89. The molecule has 3 heterocycles. The second-order valence-corrected chi connectivity index (χ2v) is 6.49. The van der Waals surface area contributed by atoms with Crippen LogP contribution >= 0.6 is 0 Å². The van der Waals surface area contributed by atoms with E-state index in [1.54, 1.807) is 9.80 Å². The number of hydrogen-bond acceptors (Lipinski definition) is 4. The first-order valence-corrected chi connectivity index (χ1v) is 8.42. The van der Waals surface area contributed by atoms with Crippen molar-refractivity contribution in [2.75, 3.05) is 29.4 Å². The van der Waals surface area contributed by atoms with Crippen LogP contribution in [0.5, 0.6) is 0 Å². The van der Waals surface area contributed by atoms with E-state index >= 15 is 0 Å². The predicted octanol–water partition coefficient (Wildman–Crippen LogP) is 1.18. The molecule has 1 aromatic rings. The Labute approximate surface area is 140 Å². The van der Waals surface area contributed by atoms with Crippen LogP contribution in [0.3, 0.4) is 0 Å². The summed E-state index contributed by atoms with van der Waals surface area (Å²) < 4.78 is 0. The van der Waals surface area contributed by atoms with Crippen LogP contribution in [0.25, 0.3) is 0 Å². The van der Waals surface area contributed by atoms with Gasteiger partial charge in [0.15, 0.2) is 0 Å². The van der Waals surface area contributed by atoms with Gasteiger partial charge in [-0.15, -0.1) is 0 Å². The zero-order chi connectivity index (χ0) is 16.7. The third kappa shape index (κ3) is 2.31. The second kappa shape index (κ2) is 5.81. The minimum absolute atomic E-state index is 0.0936. The lowest BCUT2D eigenvalue weighted by Crippen LogP contribution is -2.46. The summed E-state index contributed by atoms with van der Waals surface area (Å²) in [7, 11) is 0. The number of urea groups is 1. The highest BCUT2D eigenvalue weighted by molar-refractivity contribution is 6.03. The molecule has 1 aromatic carbocycles. The molecular formula is C17H21N5O2. The standard InChI is InChI=1S/C17H21N5O2/c18-16(23)15-14-3-1-10-21(14)17(24)22(15)13-6-4-12(5-7-13)20-9-2-8-19-11-20/h4-7,11,14-15H,1-3,8-10H2,(H2,18,23)/t14-,15?/m1/s1. The molecule has 2 saturated heterocycles. The molecule has 4 rings (SSSR count). The average molecular weight is 327 g/mol. The van der Waals surface area contributed by atoms with E-state index in [0.717, 1.165) is 43.7 Å². The molecule has 0 aliphatic carbocycles. The first-order valence-electron chi connectivity index (χ1n) is 8.42. The Kier molecular flexibility index (Phi) is 3.63. The largest absolute Gasteiger partial charge is 0.368 e. The maximum Gasteiger partial charge on any atom is 0.325 e. The fraction of sp³-hybridized carbons (Fsp3) is 0.471. The third-order valence-electron chi connectivity index (χ3n) is 5.05. The lowest BCUT2D eigenvalue weighted by atomic mass is 10.1. The number of aliphatic imine (C=N–C) groups is 1. The Bertz CT molecular complexity index is 687. The predicted molar refractivity (Wildman–Crippen MR) is 92.3 cm³/mol. The van der Waals surface area contributed by atoms with Gasteiger partial charge in [-0.2, -0.15) is 0 Å². The van der Waals surface area contributed by atoms with Crippen molar-refractivity contribution in [3.63, 3.8) is 0 Å². The van der Waals surface area contributed by atoms with E-state index in [4.69, 9.17) is 5.73 Å². The summed E-state index contributed by atoms with van der Waals surface area (Å²) >= 11 is 0. The van der Waals surface area contributed by atoms with Crippen LogP contribution < -0.4 is 15.5 Å². The van der Waals surface area contributed by atoms with Gasteiger partial charge in [0.2, 0.25) is 5.91 Å². The van der Waals surface area contributed by atoms with Crippen molar-refractivity contribution in [1.29, 1.82) is 0 Å². The summed E-state index contributed by atoms with van der Waals surface area (Å²) in [5.41, 5.74) is 7.36. The van der Waals surface area contributed by atoms with E-state index in [0.29, 0.717) is 6.54 Å². The number of hydrogen-bond donors (Lipinski definition) is 1. The number of anilines is 2. The van der Waals surface area contributed by atoms with E-state index in [-0.39, 0.29) is 12.1 Å². The van der Waals surface area contributed by atoms with Crippen molar-refractivity contribution in [2.45, 2.75) is 31.3 Å². The molecular weight excluding hydrogens is 306 g/mol. The first kappa shape index (κ1) is 15.0. The molecule has 7 nitrogen and oxygen atoms in total. The Morgan fingerprint density at radius 3 is 2.54 bits per heavy atom. The van der Waals surface area contributed by atoms with E-state index in [9.17, 15) is 9.59 Å². The van der Waals surface area contributed by atoms with Gasteiger partial charge in [-0.1, -0.05) is 0 Å². The number of fused-ring (bicyclic) bond motifs is 1. The van der Waals surface area contributed by atoms with E-state index in [1.807, 2.05) is 30.6 Å². The molecule has 0 saturated carbocycles. The van der Waals surface area contributed by atoms with Gasteiger partial charge in [0.1, 0.15) is 6.04 Å². The molecule has 24 heavy (non-hydrogen) atoms. The van der Waals surface area contributed by atoms with Gasteiger partial charge in [0.05, 0.1) is 12.4 Å². The minimum Gasteiger partial charge on any atom is -0.368 e. The van der Waals surface area contributed by atoms with E-state index in [1.165, 1.54) is 0 Å². The second-order valence-electron chi connectivity index (χ2n) is 6.49. The van der Waals surface area contributed by atoms with Gasteiger partial charge >= 0.3 is 6.03 Å². The van der Waals surface area contributed by atoms with Crippen LogP contribution in [0.1, 0.15) is 19.3 Å². The number of nitrogens with two attached hydrogens (primary N) is 1. The highest BCUT2D eigenvalue weighted by atomic mass is 16.2. The van der Waals surface area contributed by atoms with Crippen molar-refractivity contribution in [1.82, 2.24) is 4.90 Å². The minimum atomic E-state index is -0.581. The molecule has 2 fully saturated rings. The molecule has 2 N–H and O–H groups in total. The van der Waals surface area contributed by atoms with Crippen LogP contribution in [0.15, 0.2) is 29.3 Å².